The smallest absolute Gasteiger partial charge is 0.311 e. The van der Waals surface area contributed by atoms with E-state index in [0.29, 0.717) is 13.2 Å². The molecule has 8 heteroatoms. The van der Waals surface area contributed by atoms with Gasteiger partial charge in [0.25, 0.3) is 0 Å². The summed E-state index contributed by atoms with van der Waals surface area (Å²) in [4.78, 5) is 45.5. The first-order valence-electron chi connectivity index (χ1n) is 12.7. The number of aliphatic hydroxyl groups excluding tert-OH is 1. The Morgan fingerprint density at radius 3 is 2.58 bits per heavy atom. The maximum Gasteiger partial charge on any atom is 0.311 e. The minimum Gasteiger partial charge on any atom is -0.465 e. The molecule has 1 spiro atoms. The van der Waals surface area contributed by atoms with Gasteiger partial charge in [-0.1, -0.05) is 54.6 Å². The van der Waals surface area contributed by atoms with Crippen molar-refractivity contribution in [2.75, 3.05) is 19.8 Å². The average molecular weight is 511 g/mol. The molecular formula is C28H34N2O5S. The van der Waals surface area contributed by atoms with Gasteiger partial charge < -0.3 is 19.6 Å². The first kappa shape index (κ1) is 25.1. The van der Waals surface area contributed by atoms with E-state index in [1.807, 2.05) is 69.3 Å². The lowest BCUT2D eigenvalue weighted by molar-refractivity contribution is -0.153. The SMILES string of the molecule is CC(C)(C)N1CC=C[C@]23S[C@H]4/C=C\CCCOC(=O)[C@H]4[C@H]2C(=O)N([C@H](CO)c2ccccc2)C3C1=O. The lowest BCUT2D eigenvalue weighted by Gasteiger charge is -2.42. The second-order valence-electron chi connectivity index (χ2n) is 11.0. The molecule has 2 saturated heterocycles. The number of thioether (sulfide) groups is 1. The van der Waals surface area contributed by atoms with Crippen LogP contribution in [0, 0.1) is 11.8 Å². The molecule has 0 aromatic heterocycles. The second-order valence-corrected chi connectivity index (χ2v) is 12.4. The van der Waals surface area contributed by atoms with E-state index in [1.54, 1.807) is 9.80 Å². The summed E-state index contributed by atoms with van der Waals surface area (Å²) in [6, 6.07) is 7.76. The average Bonchev–Trinajstić information content (AvgIpc) is 3.24. The first-order chi connectivity index (χ1) is 17.2. The fourth-order valence-corrected chi connectivity index (χ4v) is 8.15. The number of allylic oxidation sites excluding steroid dienone is 1. The third-order valence-corrected chi connectivity index (χ3v) is 9.54. The third kappa shape index (κ3) is 3.89. The summed E-state index contributed by atoms with van der Waals surface area (Å²) >= 11 is 1.53. The third-order valence-electron chi connectivity index (χ3n) is 7.79. The second kappa shape index (κ2) is 9.38. The van der Waals surface area contributed by atoms with Gasteiger partial charge in [-0.05, 0) is 39.2 Å². The summed E-state index contributed by atoms with van der Waals surface area (Å²) < 4.78 is 4.68. The molecular weight excluding hydrogens is 476 g/mol. The molecule has 7 nitrogen and oxygen atoms in total. The van der Waals surface area contributed by atoms with Crippen molar-refractivity contribution in [2.24, 2.45) is 11.8 Å². The van der Waals surface area contributed by atoms with E-state index in [1.165, 1.54) is 11.8 Å². The Hall–Kier alpha value is -2.58. The Morgan fingerprint density at radius 2 is 1.89 bits per heavy atom. The van der Waals surface area contributed by atoms with Crippen LogP contribution in [0.3, 0.4) is 0 Å². The van der Waals surface area contributed by atoms with Crippen LogP contribution in [0.15, 0.2) is 54.6 Å². The Kier molecular flexibility index (Phi) is 6.53. The molecule has 2 fully saturated rings. The zero-order valence-electron chi connectivity index (χ0n) is 21.0. The van der Waals surface area contributed by atoms with Crippen molar-refractivity contribution in [2.45, 2.75) is 61.2 Å². The molecule has 0 saturated carbocycles. The van der Waals surface area contributed by atoms with Gasteiger partial charge in [-0.15, -0.1) is 11.8 Å². The Morgan fingerprint density at radius 1 is 1.14 bits per heavy atom. The summed E-state index contributed by atoms with van der Waals surface area (Å²) in [6.45, 7) is 6.35. The van der Waals surface area contributed by atoms with Crippen molar-refractivity contribution in [3.63, 3.8) is 0 Å². The molecule has 5 rings (SSSR count). The van der Waals surface area contributed by atoms with Crippen LogP contribution < -0.4 is 0 Å². The highest BCUT2D eigenvalue weighted by atomic mass is 32.2. The number of carbonyl (C=O) groups is 3. The van der Waals surface area contributed by atoms with Crippen LogP contribution >= 0.6 is 11.8 Å². The van der Waals surface area contributed by atoms with Crippen LogP contribution in [0.1, 0.15) is 45.2 Å². The largest absolute Gasteiger partial charge is 0.465 e. The Bertz CT molecular complexity index is 1100. The van der Waals surface area contributed by atoms with Gasteiger partial charge in [0.1, 0.15) is 6.04 Å². The van der Waals surface area contributed by atoms with Crippen LogP contribution in [0.2, 0.25) is 0 Å². The fourth-order valence-electron chi connectivity index (χ4n) is 6.16. The molecule has 0 radical (unpaired) electrons. The number of cyclic esters (lactones) is 1. The van der Waals surface area contributed by atoms with Gasteiger partial charge in [0.05, 0.1) is 35.8 Å². The van der Waals surface area contributed by atoms with E-state index in [0.717, 1.165) is 18.4 Å². The molecule has 4 aliphatic rings. The predicted octanol–water partition coefficient (Wildman–Crippen LogP) is 3.11. The van der Waals surface area contributed by atoms with E-state index in [2.05, 4.69) is 6.08 Å². The van der Waals surface area contributed by atoms with Crippen LogP contribution in [-0.4, -0.2) is 74.0 Å². The Labute approximate surface area is 216 Å². The van der Waals surface area contributed by atoms with Gasteiger partial charge in [-0.3, -0.25) is 14.4 Å². The molecule has 2 amide bonds. The molecule has 4 heterocycles. The lowest BCUT2D eigenvalue weighted by atomic mass is 9.78. The number of fused-ring (bicyclic) bond motifs is 2. The molecule has 1 aromatic carbocycles. The molecule has 0 aliphatic carbocycles. The van der Waals surface area contributed by atoms with Gasteiger partial charge in [-0.25, -0.2) is 0 Å². The summed E-state index contributed by atoms with van der Waals surface area (Å²) in [5, 5.41) is 10.3. The topological polar surface area (TPSA) is 87.2 Å². The minimum atomic E-state index is -0.936. The number of benzene rings is 1. The number of ether oxygens (including phenoxy) is 1. The quantitative estimate of drug-likeness (QED) is 0.497. The number of hydrogen-bond acceptors (Lipinski definition) is 6. The number of hydrogen-bond donors (Lipinski definition) is 1. The molecule has 192 valence electrons. The molecule has 36 heavy (non-hydrogen) atoms. The summed E-state index contributed by atoms with van der Waals surface area (Å²) in [5.74, 6) is -2.27. The summed E-state index contributed by atoms with van der Waals surface area (Å²) in [7, 11) is 0. The zero-order valence-corrected chi connectivity index (χ0v) is 21.8. The summed E-state index contributed by atoms with van der Waals surface area (Å²) in [6.07, 6.45) is 9.58. The van der Waals surface area contributed by atoms with E-state index >= 15 is 0 Å². The molecule has 6 atom stereocenters. The van der Waals surface area contributed by atoms with Crippen LogP contribution in [0.5, 0.6) is 0 Å². The number of likely N-dealkylation sites (tertiary alicyclic amines) is 1. The van der Waals surface area contributed by atoms with Crippen molar-refractivity contribution in [3.05, 3.63) is 60.2 Å². The van der Waals surface area contributed by atoms with Crippen molar-refractivity contribution >= 4 is 29.5 Å². The minimum absolute atomic E-state index is 0.158. The van der Waals surface area contributed by atoms with Crippen LogP contribution in [0.25, 0.3) is 0 Å². The zero-order chi connectivity index (χ0) is 25.7. The number of nitrogens with zero attached hydrogens (tertiary/aromatic N) is 2. The van der Waals surface area contributed by atoms with E-state index in [9.17, 15) is 19.5 Å². The van der Waals surface area contributed by atoms with Crippen LogP contribution in [0.4, 0.5) is 0 Å². The number of rotatable bonds is 3. The molecule has 1 aromatic rings. The summed E-state index contributed by atoms with van der Waals surface area (Å²) in [5.41, 5.74) is 0.286. The van der Waals surface area contributed by atoms with Crippen LogP contribution in [-0.2, 0) is 19.1 Å². The van der Waals surface area contributed by atoms with Crippen molar-refractivity contribution in [1.29, 1.82) is 0 Å². The molecule has 1 unspecified atom stereocenters. The van der Waals surface area contributed by atoms with Crippen molar-refractivity contribution < 1.29 is 24.2 Å². The number of amides is 2. The molecule has 0 bridgehead atoms. The maximum absolute atomic E-state index is 14.4. The number of carbonyl (C=O) groups excluding carboxylic acids is 3. The number of esters is 1. The lowest BCUT2D eigenvalue weighted by Crippen LogP contribution is -2.58. The van der Waals surface area contributed by atoms with E-state index < -0.39 is 34.2 Å². The normalized spacial score (nSPS) is 34.1. The number of aliphatic hydroxyl groups is 1. The predicted molar refractivity (Wildman–Crippen MR) is 138 cm³/mol. The van der Waals surface area contributed by atoms with Crippen molar-refractivity contribution in [1.82, 2.24) is 9.80 Å². The monoisotopic (exact) mass is 510 g/mol. The Balaban J connectivity index is 1.69. The maximum atomic E-state index is 14.4. The van der Waals surface area contributed by atoms with Crippen molar-refractivity contribution in [3.8, 4) is 0 Å². The first-order valence-corrected chi connectivity index (χ1v) is 13.6. The van der Waals surface area contributed by atoms with Gasteiger partial charge >= 0.3 is 5.97 Å². The molecule has 1 N–H and O–H groups in total. The standard InChI is InChI=1S/C28H34N2O5S/c1-27(2,3)29-15-10-14-28-22(21-20(36-28)13-8-5-9-16-35-26(21)34)24(32)30(23(28)25(29)33)19(17-31)18-11-6-4-7-12-18/h4,6-8,10-14,19-23,31H,5,9,15-17H2,1-3H3/b13-8-/t19-,20+,21-,22+,23?,28+/m1/s1. The van der Waals surface area contributed by atoms with Gasteiger partial charge in [-0.2, -0.15) is 0 Å². The highest BCUT2D eigenvalue weighted by molar-refractivity contribution is 8.02. The van der Waals surface area contributed by atoms with Gasteiger partial charge in [0.15, 0.2) is 0 Å². The van der Waals surface area contributed by atoms with Gasteiger partial charge in [0, 0.05) is 17.3 Å². The van der Waals surface area contributed by atoms with E-state index in [-0.39, 0.29) is 29.6 Å². The highest BCUT2D eigenvalue weighted by Crippen LogP contribution is 2.62. The fraction of sp³-hybridized carbons (Fsp3) is 0.536. The van der Waals surface area contributed by atoms with Gasteiger partial charge in [0.2, 0.25) is 11.8 Å². The van der Waals surface area contributed by atoms with E-state index in [4.69, 9.17) is 4.74 Å². The highest BCUT2D eigenvalue weighted by Gasteiger charge is 2.72. The molecule has 4 aliphatic heterocycles.